The molecule has 1 amide bonds. The number of carbonyl (C=O) groups is 1. The number of benzene rings is 1. The third kappa shape index (κ3) is 3.23. The van der Waals surface area contributed by atoms with Crippen LogP contribution in [0.2, 0.25) is 5.02 Å². The Labute approximate surface area is 140 Å². The summed E-state index contributed by atoms with van der Waals surface area (Å²) in [7, 11) is 2.07. The first-order chi connectivity index (χ1) is 11.1. The van der Waals surface area contributed by atoms with Crippen molar-refractivity contribution >= 4 is 17.5 Å². The molecule has 2 aromatic rings. The minimum atomic E-state index is -0.129. The topological polar surface area (TPSA) is 63.1 Å². The van der Waals surface area contributed by atoms with Gasteiger partial charge in [-0.05, 0) is 38.1 Å². The molecule has 0 bridgehead atoms. The zero-order valence-electron chi connectivity index (χ0n) is 13.2. The first-order valence-electron chi connectivity index (χ1n) is 7.75. The molecule has 7 heteroatoms. The first-order valence-corrected chi connectivity index (χ1v) is 8.13. The minimum Gasteiger partial charge on any atom is -0.346 e. The molecule has 1 saturated heterocycles. The van der Waals surface area contributed by atoms with E-state index in [-0.39, 0.29) is 18.0 Å². The molecule has 23 heavy (non-hydrogen) atoms. The lowest BCUT2D eigenvalue weighted by atomic mass is 10.00. The van der Waals surface area contributed by atoms with E-state index in [0.717, 1.165) is 18.5 Å². The molecule has 1 aliphatic heterocycles. The lowest BCUT2D eigenvalue weighted by molar-refractivity contribution is 0.0917. The highest BCUT2D eigenvalue weighted by molar-refractivity contribution is 6.30. The molecule has 1 aromatic carbocycles. The normalized spacial score (nSPS) is 21.5. The van der Waals surface area contributed by atoms with Crippen molar-refractivity contribution in [3.8, 4) is 0 Å². The smallest absolute Gasteiger partial charge is 0.271 e. The lowest BCUT2D eigenvalue weighted by Crippen LogP contribution is -2.39. The van der Waals surface area contributed by atoms with Crippen molar-refractivity contribution < 1.29 is 4.79 Å². The van der Waals surface area contributed by atoms with Crippen molar-refractivity contribution in [1.29, 1.82) is 0 Å². The van der Waals surface area contributed by atoms with Crippen molar-refractivity contribution in [3.05, 3.63) is 46.7 Å². The summed E-state index contributed by atoms with van der Waals surface area (Å²) in [5.74, 6) is -0.129. The van der Waals surface area contributed by atoms with Crippen LogP contribution in [0, 0.1) is 0 Å². The van der Waals surface area contributed by atoms with Crippen LogP contribution < -0.4 is 5.32 Å². The van der Waals surface area contributed by atoms with E-state index >= 15 is 0 Å². The van der Waals surface area contributed by atoms with Crippen molar-refractivity contribution in [2.24, 2.45) is 0 Å². The molecule has 1 fully saturated rings. The number of aromatic nitrogens is 3. The minimum absolute atomic E-state index is 0.0499. The van der Waals surface area contributed by atoms with E-state index in [1.54, 1.807) is 4.68 Å². The van der Waals surface area contributed by atoms with Gasteiger partial charge in [0, 0.05) is 18.1 Å². The Hall–Kier alpha value is -1.92. The van der Waals surface area contributed by atoms with Crippen LogP contribution in [-0.2, 0) is 6.54 Å². The molecule has 2 heterocycles. The van der Waals surface area contributed by atoms with E-state index in [2.05, 4.69) is 27.6 Å². The first kappa shape index (κ1) is 16.0. The number of rotatable bonds is 4. The number of nitrogens with zero attached hydrogens (tertiary/aromatic N) is 4. The van der Waals surface area contributed by atoms with Gasteiger partial charge < -0.3 is 5.32 Å². The van der Waals surface area contributed by atoms with E-state index < -0.39 is 0 Å². The van der Waals surface area contributed by atoms with E-state index in [0.29, 0.717) is 17.3 Å². The number of likely N-dealkylation sites (tertiary alicyclic amines) is 1. The fraction of sp³-hybridized carbons (Fsp3) is 0.438. The van der Waals surface area contributed by atoms with Crippen LogP contribution in [0.25, 0.3) is 0 Å². The number of halogens is 1. The van der Waals surface area contributed by atoms with Crippen molar-refractivity contribution in [1.82, 2.24) is 25.2 Å². The highest BCUT2D eigenvalue weighted by atomic mass is 35.5. The van der Waals surface area contributed by atoms with E-state index in [1.165, 1.54) is 6.20 Å². The zero-order valence-corrected chi connectivity index (χ0v) is 14.0. The molecule has 0 spiro atoms. The molecule has 0 saturated carbocycles. The molecular weight excluding hydrogens is 314 g/mol. The van der Waals surface area contributed by atoms with Gasteiger partial charge in [0.25, 0.3) is 5.91 Å². The van der Waals surface area contributed by atoms with E-state index in [9.17, 15) is 4.79 Å². The Kier molecular flexibility index (Phi) is 4.63. The Morgan fingerprint density at radius 2 is 2.13 bits per heavy atom. The van der Waals surface area contributed by atoms with Gasteiger partial charge in [-0.3, -0.25) is 9.69 Å². The van der Waals surface area contributed by atoms with Crippen molar-refractivity contribution in [3.63, 3.8) is 0 Å². The molecule has 0 aliphatic carbocycles. The molecular formula is C16H20ClN5O. The number of hydrogen-bond donors (Lipinski definition) is 1. The molecule has 1 N–H and O–H groups in total. The Bertz CT molecular complexity index is 684. The second kappa shape index (κ2) is 6.68. The lowest BCUT2D eigenvalue weighted by Gasteiger charge is -2.26. The molecule has 1 aliphatic rings. The summed E-state index contributed by atoms with van der Waals surface area (Å²) in [5, 5.41) is 11.6. The van der Waals surface area contributed by atoms with Gasteiger partial charge >= 0.3 is 0 Å². The second-order valence-electron chi connectivity index (χ2n) is 5.78. The number of aryl methyl sites for hydroxylation is 1. The predicted molar refractivity (Wildman–Crippen MR) is 88.4 cm³/mol. The van der Waals surface area contributed by atoms with Gasteiger partial charge in [-0.25, -0.2) is 4.68 Å². The molecule has 6 nitrogen and oxygen atoms in total. The zero-order chi connectivity index (χ0) is 16.4. The number of amides is 1. The summed E-state index contributed by atoms with van der Waals surface area (Å²) >= 11 is 5.98. The summed E-state index contributed by atoms with van der Waals surface area (Å²) < 4.78 is 1.60. The van der Waals surface area contributed by atoms with Crippen LogP contribution in [-0.4, -0.2) is 45.4 Å². The van der Waals surface area contributed by atoms with Crippen LogP contribution >= 0.6 is 11.6 Å². The molecule has 2 atom stereocenters. The standard InChI is InChI=1S/C16H20ClN5O/c1-3-22-14(10-18-20-22)16(23)19-13-8-9-21(2)15(13)11-4-6-12(17)7-5-11/h4-7,10,13,15H,3,8-9H2,1-2H3,(H,19,23). The maximum absolute atomic E-state index is 12.5. The monoisotopic (exact) mass is 333 g/mol. The van der Waals surface area contributed by atoms with Gasteiger partial charge in [0.15, 0.2) is 0 Å². The Morgan fingerprint density at radius 3 is 2.83 bits per heavy atom. The molecule has 122 valence electrons. The van der Waals surface area contributed by atoms with E-state index in [1.807, 2.05) is 31.2 Å². The highest BCUT2D eigenvalue weighted by Gasteiger charge is 2.34. The Morgan fingerprint density at radius 1 is 1.39 bits per heavy atom. The number of nitrogens with one attached hydrogen (secondary N) is 1. The summed E-state index contributed by atoms with van der Waals surface area (Å²) in [6.07, 6.45) is 2.41. The maximum Gasteiger partial charge on any atom is 0.271 e. The van der Waals surface area contributed by atoms with Crippen LogP contribution in [0.5, 0.6) is 0 Å². The van der Waals surface area contributed by atoms with Gasteiger partial charge in [-0.1, -0.05) is 28.9 Å². The molecule has 0 radical (unpaired) electrons. The average Bonchev–Trinajstić information content (AvgIpc) is 3.15. The van der Waals surface area contributed by atoms with Gasteiger partial charge in [0.05, 0.1) is 18.3 Å². The van der Waals surface area contributed by atoms with Crippen LogP contribution in [0.4, 0.5) is 0 Å². The molecule has 2 unspecified atom stereocenters. The van der Waals surface area contributed by atoms with Crippen molar-refractivity contribution in [2.45, 2.75) is 32.0 Å². The third-order valence-corrected chi connectivity index (χ3v) is 4.58. The third-order valence-electron chi connectivity index (χ3n) is 4.33. The predicted octanol–water partition coefficient (Wildman–Crippen LogP) is 2.13. The summed E-state index contributed by atoms with van der Waals surface area (Å²) in [6, 6.07) is 8.00. The van der Waals surface area contributed by atoms with Crippen LogP contribution in [0.1, 0.15) is 35.4 Å². The number of likely N-dealkylation sites (N-methyl/N-ethyl adjacent to an activating group) is 1. The van der Waals surface area contributed by atoms with Gasteiger partial charge in [-0.15, -0.1) is 5.10 Å². The highest BCUT2D eigenvalue weighted by Crippen LogP contribution is 2.31. The SMILES string of the molecule is CCn1nncc1C(=O)NC1CCN(C)C1c1ccc(Cl)cc1. The summed E-state index contributed by atoms with van der Waals surface area (Å²) in [5.41, 5.74) is 1.65. The average molecular weight is 334 g/mol. The van der Waals surface area contributed by atoms with Gasteiger partial charge in [-0.2, -0.15) is 0 Å². The van der Waals surface area contributed by atoms with Crippen LogP contribution in [0.15, 0.2) is 30.5 Å². The summed E-state index contributed by atoms with van der Waals surface area (Å²) in [6.45, 7) is 3.49. The van der Waals surface area contributed by atoms with Crippen molar-refractivity contribution in [2.75, 3.05) is 13.6 Å². The van der Waals surface area contributed by atoms with Crippen LogP contribution in [0.3, 0.4) is 0 Å². The molecule has 1 aromatic heterocycles. The maximum atomic E-state index is 12.5. The van der Waals surface area contributed by atoms with Gasteiger partial charge in [0.2, 0.25) is 0 Å². The molecule has 3 rings (SSSR count). The van der Waals surface area contributed by atoms with E-state index in [4.69, 9.17) is 11.6 Å². The Balaban J connectivity index is 1.78. The summed E-state index contributed by atoms with van der Waals surface area (Å²) in [4.78, 5) is 14.8. The fourth-order valence-corrected chi connectivity index (χ4v) is 3.28. The number of carbonyl (C=O) groups excluding carboxylic acids is 1. The largest absolute Gasteiger partial charge is 0.346 e. The number of hydrogen-bond acceptors (Lipinski definition) is 4. The fourth-order valence-electron chi connectivity index (χ4n) is 3.15. The second-order valence-corrected chi connectivity index (χ2v) is 6.22. The quantitative estimate of drug-likeness (QED) is 0.931. The van der Waals surface area contributed by atoms with Gasteiger partial charge in [0.1, 0.15) is 5.69 Å².